The highest BCUT2D eigenvalue weighted by atomic mass is 32.2. The summed E-state index contributed by atoms with van der Waals surface area (Å²) in [6, 6.07) is 2.45. The van der Waals surface area contributed by atoms with Crippen LogP contribution in [0.25, 0.3) is 0 Å². The first-order chi connectivity index (χ1) is 10.1. The van der Waals surface area contributed by atoms with E-state index >= 15 is 0 Å². The number of nitrogens with zero attached hydrogens (tertiary/aromatic N) is 1. The van der Waals surface area contributed by atoms with E-state index in [4.69, 9.17) is 0 Å². The van der Waals surface area contributed by atoms with Crippen LogP contribution in [0.2, 0.25) is 0 Å². The average Bonchev–Trinajstić information content (AvgIpc) is 3.02. The number of hydrogen-bond donors (Lipinski definition) is 1. The molecule has 1 heterocycles. The standard InChI is InChI=1S/C14H20N2O4S2/c1-13(2)9-6-7-14(13,3)10(8-9)15-22(19,20)12-5-4-11(21-12)16(17)18/h4-5,9-10,15H,6-8H2,1-3H3/t9-,10+,14-/m0/s1. The van der Waals surface area contributed by atoms with E-state index < -0.39 is 14.9 Å². The fourth-order valence-electron chi connectivity index (χ4n) is 4.18. The monoisotopic (exact) mass is 344 g/mol. The van der Waals surface area contributed by atoms with Crippen molar-refractivity contribution in [2.75, 3.05) is 0 Å². The molecule has 0 unspecified atom stereocenters. The van der Waals surface area contributed by atoms with Crippen LogP contribution in [-0.4, -0.2) is 19.4 Å². The molecular formula is C14H20N2O4S2. The molecule has 0 spiro atoms. The minimum Gasteiger partial charge on any atom is -0.258 e. The minimum absolute atomic E-state index is 0.0170. The maximum absolute atomic E-state index is 12.5. The Labute approximate surface area is 134 Å². The smallest absolute Gasteiger partial charge is 0.258 e. The first-order valence-corrected chi connectivity index (χ1v) is 9.64. The van der Waals surface area contributed by atoms with Crippen LogP contribution in [-0.2, 0) is 10.0 Å². The molecule has 3 rings (SSSR count). The fraction of sp³-hybridized carbons (Fsp3) is 0.714. The van der Waals surface area contributed by atoms with Crippen LogP contribution in [0.15, 0.2) is 16.3 Å². The normalized spacial score (nSPS) is 33.2. The van der Waals surface area contributed by atoms with Crippen molar-refractivity contribution in [3.8, 4) is 0 Å². The number of nitrogens with one attached hydrogen (secondary N) is 1. The van der Waals surface area contributed by atoms with Gasteiger partial charge in [0.1, 0.15) is 4.21 Å². The molecule has 0 radical (unpaired) electrons. The van der Waals surface area contributed by atoms with Crippen molar-refractivity contribution in [1.29, 1.82) is 0 Å². The van der Waals surface area contributed by atoms with E-state index in [1.807, 2.05) is 0 Å². The van der Waals surface area contributed by atoms with Gasteiger partial charge in [-0.1, -0.05) is 20.8 Å². The summed E-state index contributed by atoms with van der Waals surface area (Å²) in [5.74, 6) is 0.530. The van der Waals surface area contributed by atoms with Gasteiger partial charge in [-0.15, -0.1) is 0 Å². The van der Waals surface area contributed by atoms with E-state index in [0.717, 1.165) is 19.3 Å². The lowest BCUT2D eigenvalue weighted by atomic mass is 9.69. The van der Waals surface area contributed by atoms with Crippen molar-refractivity contribution in [2.24, 2.45) is 16.7 Å². The molecule has 1 aromatic heterocycles. The topological polar surface area (TPSA) is 89.3 Å². The Kier molecular flexibility index (Phi) is 3.43. The van der Waals surface area contributed by atoms with Gasteiger partial charge in [-0.25, -0.2) is 13.1 Å². The van der Waals surface area contributed by atoms with Crippen molar-refractivity contribution in [2.45, 2.75) is 50.3 Å². The SMILES string of the molecule is CC1(C)[C@H]2CC[C@@]1(C)[C@H](NS(=O)(=O)c1ccc([N+](=O)[O-])s1)C2. The zero-order valence-corrected chi connectivity index (χ0v) is 14.5. The van der Waals surface area contributed by atoms with Crippen molar-refractivity contribution in [3.05, 3.63) is 22.2 Å². The maximum atomic E-state index is 12.5. The lowest BCUT2D eigenvalue weighted by Gasteiger charge is -2.39. The predicted molar refractivity (Wildman–Crippen MR) is 84.3 cm³/mol. The Morgan fingerprint density at radius 2 is 2.05 bits per heavy atom. The average molecular weight is 344 g/mol. The highest BCUT2D eigenvalue weighted by molar-refractivity contribution is 7.91. The van der Waals surface area contributed by atoms with Crippen molar-refractivity contribution in [3.63, 3.8) is 0 Å². The van der Waals surface area contributed by atoms with Gasteiger partial charge >= 0.3 is 5.00 Å². The molecule has 2 saturated carbocycles. The molecule has 0 aliphatic heterocycles. The third kappa shape index (κ3) is 2.11. The highest BCUT2D eigenvalue weighted by Gasteiger charge is 2.61. The van der Waals surface area contributed by atoms with Gasteiger partial charge < -0.3 is 0 Å². The quantitative estimate of drug-likeness (QED) is 0.671. The summed E-state index contributed by atoms with van der Waals surface area (Å²) in [4.78, 5) is 10.2. The van der Waals surface area contributed by atoms with Crippen LogP contribution < -0.4 is 4.72 Å². The molecule has 0 aromatic carbocycles. The number of rotatable bonds is 4. The van der Waals surface area contributed by atoms with Crippen LogP contribution in [0, 0.1) is 26.9 Å². The molecule has 6 nitrogen and oxygen atoms in total. The molecule has 0 saturated heterocycles. The first-order valence-electron chi connectivity index (χ1n) is 7.34. The van der Waals surface area contributed by atoms with Gasteiger partial charge in [0.05, 0.1) is 4.92 Å². The fourth-order valence-corrected chi connectivity index (χ4v) is 6.67. The van der Waals surface area contributed by atoms with Gasteiger partial charge in [0, 0.05) is 12.1 Å². The van der Waals surface area contributed by atoms with Crippen molar-refractivity contribution < 1.29 is 13.3 Å². The third-order valence-electron chi connectivity index (χ3n) is 6.10. The minimum atomic E-state index is -3.70. The molecule has 1 N–H and O–H groups in total. The summed E-state index contributed by atoms with van der Waals surface area (Å²) < 4.78 is 27.9. The molecule has 2 bridgehead atoms. The van der Waals surface area contributed by atoms with E-state index in [2.05, 4.69) is 25.5 Å². The zero-order valence-electron chi connectivity index (χ0n) is 12.8. The van der Waals surface area contributed by atoms with Gasteiger partial charge in [-0.2, -0.15) is 0 Å². The molecule has 1 aromatic rings. The molecular weight excluding hydrogens is 324 g/mol. The van der Waals surface area contributed by atoms with Gasteiger partial charge in [0.2, 0.25) is 0 Å². The van der Waals surface area contributed by atoms with Gasteiger partial charge in [-0.3, -0.25) is 10.1 Å². The number of fused-ring (bicyclic) bond motifs is 2. The zero-order chi connectivity index (χ0) is 16.3. The maximum Gasteiger partial charge on any atom is 0.325 e. The molecule has 8 heteroatoms. The summed E-state index contributed by atoms with van der Waals surface area (Å²) in [7, 11) is -3.70. The molecule has 3 atom stereocenters. The highest BCUT2D eigenvalue weighted by Crippen LogP contribution is 2.65. The lowest BCUT2D eigenvalue weighted by Crippen LogP contribution is -2.46. The lowest BCUT2D eigenvalue weighted by molar-refractivity contribution is -0.380. The van der Waals surface area contributed by atoms with E-state index in [1.54, 1.807) is 0 Å². The Bertz CT molecular complexity index is 725. The summed E-state index contributed by atoms with van der Waals surface area (Å²) in [5.41, 5.74) is 0.0512. The summed E-state index contributed by atoms with van der Waals surface area (Å²) >= 11 is 0.701. The van der Waals surface area contributed by atoms with Crippen LogP contribution in [0.1, 0.15) is 40.0 Å². The summed E-state index contributed by atoms with van der Waals surface area (Å²) in [5, 5.41) is 10.6. The Hall–Kier alpha value is -0.990. The van der Waals surface area contributed by atoms with E-state index in [0.29, 0.717) is 17.3 Å². The van der Waals surface area contributed by atoms with Crippen molar-refractivity contribution in [1.82, 2.24) is 4.72 Å². The van der Waals surface area contributed by atoms with E-state index in [1.165, 1.54) is 12.1 Å². The van der Waals surface area contributed by atoms with Gasteiger partial charge in [-0.05, 0) is 53.4 Å². The molecule has 2 fully saturated rings. The second-order valence-electron chi connectivity index (χ2n) is 7.13. The van der Waals surface area contributed by atoms with E-state index in [-0.39, 0.29) is 26.1 Å². The summed E-state index contributed by atoms with van der Waals surface area (Å²) in [6.45, 7) is 6.59. The molecule has 22 heavy (non-hydrogen) atoms. The number of thiophene rings is 1. The Morgan fingerprint density at radius 3 is 2.50 bits per heavy atom. The first kappa shape index (κ1) is 15.9. The number of sulfonamides is 1. The Morgan fingerprint density at radius 1 is 1.36 bits per heavy atom. The number of nitro groups is 1. The van der Waals surface area contributed by atoms with Gasteiger partial charge in [0.25, 0.3) is 10.0 Å². The predicted octanol–water partition coefficient (Wildman–Crippen LogP) is 3.15. The number of hydrogen-bond acceptors (Lipinski definition) is 5. The molecule has 0 amide bonds. The molecule has 122 valence electrons. The van der Waals surface area contributed by atoms with Crippen LogP contribution >= 0.6 is 11.3 Å². The second kappa shape index (κ2) is 4.75. The summed E-state index contributed by atoms with van der Waals surface area (Å²) in [6.07, 6.45) is 3.00. The van der Waals surface area contributed by atoms with Crippen molar-refractivity contribution >= 4 is 26.4 Å². The molecule has 2 aliphatic rings. The Balaban J connectivity index is 1.85. The van der Waals surface area contributed by atoms with E-state index in [9.17, 15) is 18.5 Å². The second-order valence-corrected chi connectivity index (χ2v) is 10.1. The van der Waals surface area contributed by atoms with Crippen LogP contribution in [0.5, 0.6) is 0 Å². The third-order valence-corrected chi connectivity index (χ3v) is 9.10. The largest absolute Gasteiger partial charge is 0.325 e. The van der Waals surface area contributed by atoms with Crippen LogP contribution in [0.3, 0.4) is 0 Å². The van der Waals surface area contributed by atoms with Gasteiger partial charge in [0.15, 0.2) is 0 Å². The molecule has 2 aliphatic carbocycles. The van der Waals surface area contributed by atoms with Crippen LogP contribution in [0.4, 0.5) is 5.00 Å².